The molecule has 13 heavy (non-hydrogen) atoms. The Morgan fingerprint density at radius 1 is 1.46 bits per heavy atom. The van der Waals surface area contributed by atoms with Crippen molar-refractivity contribution in [1.29, 1.82) is 0 Å². The Labute approximate surface area is 92.3 Å². The first kappa shape index (κ1) is 9.36. The minimum Gasteiger partial charge on any atom is -0.391 e. The largest absolute Gasteiger partial charge is 0.391 e. The fraction of sp³-hybridized carbons (Fsp3) is 0.111. The summed E-state index contributed by atoms with van der Waals surface area (Å²) in [5.41, 5.74) is 0. The lowest BCUT2D eigenvalue weighted by Crippen LogP contribution is -1.78. The van der Waals surface area contributed by atoms with Crippen LogP contribution in [-0.4, -0.2) is 5.11 Å². The molecular weight excluding hydrogens is 302 g/mol. The predicted molar refractivity (Wildman–Crippen MR) is 60.4 cm³/mol. The molecular formula is C9H6FIOS. The minimum atomic E-state index is -0.227. The average molecular weight is 308 g/mol. The number of benzene rings is 1. The van der Waals surface area contributed by atoms with Crippen molar-refractivity contribution in [3.63, 3.8) is 0 Å². The molecule has 0 amide bonds. The number of rotatable bonds is 1. The summed E-state index contributed by atoms with van der Waals surface area (Å²) in [4.78, 5) is 0.904. The van der Waals surface area contributed by atoms with E-state index in [1.165, 1.54) is 23.5 Å². The Morgan fingerprint density at radius 3 is 2.92 bits per heavy atom. The molecule has 0 atom stereocenters. The smallest absolute Gasteiger partial charge is 0.124 e. The quantitative estimate of drug-likeness (QED) is 0.803. The van der Waals surface area contributed by atoms with E-state index < -0.39 is 0 Å². The van der Waals surface area contributed by atoms with Crippen molar-refractivity contribution >= 4 is 44.0 Å². The van der Waals surface area contributed by atoms with Crippen molar-refractivity contribution in [1.82, 2.24) is 0 Å². The molecule has 0 saturated heterocycles. The van der Waals surface area contributed by atoms with E-state index in [1.807, 2.05) is 0 Å². The zero-order chi connectivity index (χ0) is 9.42. The van der Waals surface area contributed by atoms with Gasteiger partial charge in [-0.2, -0.15) is 0 Å². The van der Waals surface area contributed by atoms with Crippen LogP contribution in [0.1, 0.15) is 4.88 Å². The van der Waals surface area contributed by atoms with E-state index in [0.717, 1.165) is 18.5 Å². The van der Waals surface area contributed by atoms with Gasteiger partial charge in [-0.05, 0) is 40.8 Å². The lowest BCUT2D eigenvalue weighted by atomic mass is 10.2. The van der Waals surface area contributed by atoms with Gasteiger partial charge < -0.3 is 5.11 Å². The van der Waals surface area contributed by atoms with Gasteiger partial charge in [-0.3, -0.25) is 0 Å². The number of hydrogen-bond donors (Lipinski definition) is 1. The summed E-state index contributed by atoms with van der Waals surface area (Å²) in [5, 5.41) is 10.0. The SMILES string of the molecule is OCc1sc2cc(F)ccc2c1I. The van der Waals surface area contributed by atoms with Crippen LogP contribution in [0.3, 0.4) is 0 Å². The first-order valence-electron chi connectivity index (χ1n) is 3.69. The monoisotopic (exact) mass is 308 g/mol. The summed E-state index contributed by atoms with van der Waals surface area (Å²) in [6.45, 7) is 0.0270. The Balaban J connectivity index is 2.76. The molecule has 0 aliphatic rings. The van der Waals surface area contributed by atoms with Crippen LogP contribution in [0.4, 0.5) is 4.39 Å². The molecule has 1 nitrogen and oxygen atoms in total. The Hall–Kier alpha value is -0.200. The molecule has 1 N–H and O–H groups in total. The van der Waals surface area contributed by atoms with Gasteiger partial charge in [-0.25, -0.2) is 4.39 Å². The van der Waals surface area contributed by atoms with Crippen LogP contribution < -0.4 is 0 Å². The molecule has 1 aromatic heterocycles. The van der Waals surface area contributed by atoms with Gasteiger partial charge in [0, 0.05) is 18.5 Å². The molecule has 68 valence electrons. The maximum absolute atomic E-state index is 12.8. The van der Waals surface area contributed by atoms with Crippen LogP contribution in [0.2, 0.25) is 0 Å². The molecule has 0 spiro atoms. The summed E-state index contributed by atoms with van der Waals surface area (Å²) in [6.07, 6.45) is 0. The summed E-state index contributed by atoms with van der Waals surface area (Å²) in [5.74, 6) is -0.227. The van der Waals surface area contributed by atoms with Crippen LogP contribution >= 0.6 is 33.9 Å². The number of fused-ring (bicyclic) bond motifs is 1. The van der Waals surface area contributed by atoms with E-state index in [2.05, 4.69) is 22.6 Å². The van der Waals surface area contributed by atoms with Gasteiger partial charge in [0.25, 0.3) is 0 Å². The van der Waals surface area contributed by atoms with Crippen LogP contribution in [0.5, 0.6) is 0 Å². The molecule has 4 heteroatoms. The van der Waals surface area contributed by atoms with Crippen LogP contribution in [-0.2, 0) is 6.61 Å². The number of aliphatic hydroxyl groups excluding tert-OH is 1. The summed E-state index contributed by atoms with van der Waals surface area (Å²) in [7, 11) is 0. The molecule has 0 saturated carbocycles. The zero-order valence-corrected chi connectivity index (χ0v) is 9.52. The highest BCUT2D eigenvalue weighted by Crippen LogP contribution is 2.32. The van der Waals surface area contributed by atoms with Crippen LogP contribution in [0.15, 0.2) is 18.2 Å². The highest BCUT2D eigenvalue weighted by molar-refractivity contribution is 14.1. The Bertz CT molecular complexity index is 452. The first-order chi connectivity index (χ1) is 6.22. The molecule has 1 aromatic carbocycles. The van der Waals surface area contributed by atoms with E-state index >= 15 is 0 Å². The highest BCUT2D eigenvalue weighted by atomic mass is 127. The molecule has 0 bridgehead atoms. The van der Waals surface area contributed by atoms with Crippen molar-refractivity contribution in [2.45, 2.75) is 6.61 Å². The number of thiophene rings is 1. The highest BCUT2D eigenvalue weighted by Gasteiger charge is 2.08. The Morgan fingerprint density at radius 2 is 2.23 bits per heavy atom. The van der Waals surface area contributed by atoms with Gasteiger partial charge in [-0.15, -0.1) is 11.3 Å². The van der Waals surface area contributed by atoms with Gasteiger partial charge in [0.05, 0.1) is 6.61 Å². The van der Waals surface area contributed by atoms with Crippen LogP contribution in [0.25, 0.3) is 10.1 Å². The van der Waals surface area contributed by atoms with Crippen molar-refractivity contribution in [2.24, 2.45) is 0 Å². The summed E-state index contributed by atoms with van der Waals surface area (Å²) in [6, 6.07) is 4.70. The zero-order valence-electron chi connectivity index (χ0n) is 6.55. The third kappa shape index (κ3) is 1.58. The number of hydrogen-bond acceptors (Lipinski definition) is 2. The Kier molecular flexibility index (Phi) is 2.53. The van der Waals surface area contributed by atoms with Gasteiger partial charge >= 0.3 is 0 Å². The number of halogens is 2. The molecule has 0 unspecified atom stereocenters. The normalized spacial score (nSPS) is 11.0. The first-order valence-corrected chi connectivity index (χ1v) is 5.59. The lowest BCUT2D eigenvalue weighted by molar-refractivity contribution is 0.285. The second-order valence-electron chi connectivity index (χ2n) is 2.64. The second-order valence-corrected chi connectivity index (χ2v) is 4.85. The van der Waals surface area contributed by atoms with Crippen molar-refractivity contribution in [2.75, 3.05) is 0 Å². The predicted octanol–water partition coefficient (Wildman–Crippen LogP) is 3.14. The standard InChI is InChI=1S/C9H6FIOS/c10-5-1-2-6-7(3-5)13-8(4-12)9(6)11/h1-3,12H,4H2. The molecule has 0 aliphatic heterocycles. The third-order valence-electron chi connectivity index (χ3n) is 1.80. The van der Waals surface area contributed by atoms with Gasteiger partial charge in [-0.1, -0.05) is 0 Å². The van der Waals surface area contributed by atoms with E-state index in [4.69, 9.17) is 5.11 Å². The van der Waals surface area contributed by atoms with Crippen LogP contribution in [0, 0.1) is 9.39 Å². The average Bonchev–Trinajstić information content (AvgIpc) is 2.42. The second kappa shape index (κ2) is 3.51. The molecule has 2 rings (SSSR count). The van der Waals surface area contributed by atoms with Gasteiger partial charge in [0.15, 0.2) is 0 Å². The van der Waals surface area contributed by atoms with E-state index in [-0.39, 0.29) is 12.4 Å². The van der Waals surface area contributed by atoms with Crippen molar-refractivity contribution in [3.8, 4) is 0 Å². The van der Waals surface area contributed by atoms with Crippen molar-refractivity contribution < 1.29 is 9.50 Å². The van der Waals surface area contributed by atoms with E-state index in [9.17, 15) is 4.39 Å². The van der Waals surface area contributed by atoms with Gasteiger partial charge in [0.1, 0.15) is 5.82 Å². The van der Waals surface area contributed by atoms with E-state index in [1.54, 1.807) is 6.07 Å². The molecule has 0 fully saturated rings. The maximum atomic E-state index is 12.8. The molecule has 0 radical (unpaired) electrons. The third-order valence-corrected chi connectivity index (χ3v) is 4.54. The summed E-state index contributed by atoms with van der Waals surface area (Å²) >= 11 is 3.61. The molecule has 2 aromatic rings. The summed E-state index contributed by atoms with van der Waals surface area (Å²) < 4.78 is 14.7. The van der Waals surface area contributed by atoms with E-state index in [0.29, 0.717) is 0 Å². The fourth-order valence-electron chi connectivity index (χ4n) is 1.19. The molecule has 1 heterocycles. The maximum Gasteiger partial charge on any atom is 0.124 e. The lowest BCUT2D eigenvalue weighted by Gasteiger charge is -1.90. The number of aliphatic hydroxyl groups is 1. The minimum absolute atomic E-state index is 0.0270. The van der Waals surface area contributed by atoms with Gasteiger partial charge in [0.2, 0.25) is 0 Å². The molecule has 0 aliphatic carbocycles. The van der Waals surface area contributed by atoms with Crippen molar-refractivity contribution in [3.05, 3.63) is 32.5 Å². The fourth-order valence-corrected chi connectivity index (χ4v) is 3.33. The topological polar surface area (TPSA) is 20.2 Å².